The van der Waals surface area contributed by atoms with Crippen molar-refractivity contribution < 1.29 is 14.3 Å². The number of piperidine rings is 1. The van der Waals surface area contributed by atoms with Crippen molar-refractivity contribution in [3.8, 4) is 11.5 Å². The summed E-state index contributed by atoms with van der Waals surface area (Å²) < 4.78 is 11.5. The fraction of sp³-hybridized carbons (Fsp3) is 0.423. The van der Waals surface area contributed by atoms with E-state index in [1.807, 2.05) is 36.4 Å². The summed E-state index contributed by atoms with van der Waals surface area (Å²) in [5.41, 5.74) is 1.52. The first-order chi connectivity index (χ1) is 15.5. The zero-order valence-corrected chi connectivity index (χ0v) is 19.7. The molecule has 2 aromatic rings. The number of nitrogens with one attached hydrogen (secondary N) is 1. The van der Waals surface area contributed by atoms with Crippen LogP contribution >= 0.6 is 11.6 Å². The Labute approximate surface area is 196 Å². The predicted octanol–water partition coefficient (Wildman–Crippen LogP) is 5.76. The second-order valence-electron chi connectivity index (χ2n) is 8.36. The summed E-state index contributed by atoms with van der Waals surface area (Å²) >= 11 is 6.13. The Kier molecular flexibility index (Phi) is 9.00. The number of rotatable bonds is 10. The molecule has 172 valence electrons. The van der Waals surface area contributed by atoms with Gasteiger partial charge in [-0.25, -0.2) is 0 Å². The number of nitrogens with zero attached hydrogens (tertiary/aromatic N) is 1. The molecular formula is C26H33ClN2O3. The number of ether oxygens (including phenoxy) is 2. The number of methoxy groups -OCH3 is 1. The summed E-state index contributed by atoms with van der Waals surface area (Å²) in [4.78, 5) is 15.5. The van der Waals surface area contributed by atoms with E-state index in [2.05, 4.69) is 23.7 Å². The number of carbonyl (C=O) groups excluding carboxylic acids is 1. The van der Waals surface area contributed by atoms with Gasteiger partial charge in [0.2, 0.25) is 5.91 Å². The summed E-state index contributed by atoms with van der Waals surface area (Å²) in [7, 11) is 1.62. The predicted molar refractivity (Wildman–Crippen MR) is 131 cm³/mol. The molecule has 1 aliphatic heterocycles. The van der Waals surface area contributed by atoms with E-state index < -0.39 is 0 Å². The van der Waals surface area contributed by atoms with E-state index in [0.717, 1.165) is 31.1 Å². The van der Waals surface area contributed by atoms with Crippen LogP contribution < -0.4 is 14.8 Å². The van der Waals surface area contributed by atoms with Crippen LogP contribution in [0, 0.1) is 5.92 Å². The summed E-state index contributed by atoms with van der Waals surface area (Å²) in [5, 5.41) is 3.61. The number of carbonyl (C=O) groups is 1. The Hall–Kier alpha value is -2.50. The monoisotopic (exact) mass is 456 g/mol. The van der Waals surface area contributed by atoms with E-state index in [1.54, 1.807) is 19.3 Å². The van der Waals surface area contributed by atoms with Gasteiger partial charge in [0, 0.05) is 23.3 Å². The zero-order chi connectivity index (χ0) is 22.9. The third-order valence-corrected chi connectivity index (χ3v) is 6.18. The molecule has 0 radical (unpaired) electrons. The van der Waals surface area contributed by atoms with Crippen LogP contribution in [-0.2, 0) is 4.79 Å². The van der Waals surface area contributed by atoms with Gasteiger partial charge >= 0.3 is 0 Å². The molecule has 3 rings (SSSR count). The van der Waals surface area contributed by atoms with Crippen LogP contribution in [0.4, 0.5) is 5.69 Å². The first-order valence-corrected chi connectivity index (χ1v) is 11.6. The fourth-order valence-corrected chi connectivity index (χ4v) is 4.15. The maximum absolute atomic E-state index is 13.0. The van der Waals surface area contributed by atoms with Gasteiger partial charge < -0.3 is 14.8 Å². The lowest BCUT2D eigenvalue weighted by Crippen LogP contribution is -2.35. The molecule has 0 bridgehead atoms. The fourth-order valence-electron chi connectivity index (χ4n) is 3.95. The van der Waals surface area contributed by atoms with Crippen LogP contribution in [-0.4, -0.2) is 44.2 Å². The summed E-state index contributed by atoms with van der Waals surface area (Å²) in [6.07, 6.45) is 4.74. The van der Waals surface area contributed by atoms with Gasteiger partial charge in [0.15, 0.2) is 11.5 Å². The summed E-state index contributed by atoms with van der Waals surface area (Å²) in [6, 6.07) is 12.8. The number of anilines is 1. The molecule has 32 heavy (non-hydrogen) atoms. The molecule has 1 fully saturated rings. The Morgan fingerprint density at radius 1 is 1.25 bits per heavy atom. The molecule has 1 unspecified atom stereocenters. The average molecular weight is 457 g/mol. The van der Waals surface area contributed by atoms with Gasteiger partial charge in [0.25, 0.3) is 0 Å². The van der Waals surface area contributed by atoms with Crippen LogP contribution in [0.25, 0.3) is 0 Å². The molecule has 2 aromatic carbocycles. The third-order valence-electron chi connectivity index (χ3n) is 5.94. The number of allylic oxidation sites excluding steroid dienone is 1. The van der Waals surface area contributed by atoms with Gasteiger partial charge in [0.05, 0.1) is 13.0 Å². The molecule has 0 aliphatic carbocycles. The Morgan fingerprint density at radius 2 is 2.03 bits per heavy atom. The smallest absolute Gasteiger partial charge is 0.232 e. The van der Waals surface area contributed by atoms with Crippen LogP contribution in [0.2, 0.25) is 5.02 Å². The highest BCUT2D eigenvalue weighted by molar-refractivity contribution is 6.30. The van der Waals surface area contributed by atoms with Gasteiger partial charge in [0.1, 0.15) is 6.61 Å². The molecule has 0 aromatic heterocycles. The van der Waals surface area contributed by atoms with Gasteiger partial charge in [-0.2, -0.15) is 0 Å². The number of hydrogen-bond donors (Lipinski definition) is 1. The van der Waals surface area contributed by atoms with Crippen LogP contribution in [0.5, 0.6) is 11.5 Å². The Balaban J connectivity index is 1.65. The van der Waals surface area contributed by atoms with Gasteiger partial charge in [-0.3, -0.25) is 9.69 Å². The molecule has 1 amide bonds. The Morgan fingerprint density at radius 3 is 2.72 bits per heavy atom. The first kappa shape index (κ1) is 24.1. The van der Waals surface area contributed by atoms with Crippen LogP contribution in [0.1, 0.15) is 37.7 Å². The summed E-state index contributed by atoms with van der Waals surface area (Å²) in [6.45, 7) is 9.79. The van der Waals surface area contributed by atoms with Crippen molar-refractivity contribution in [2.24, 2.45) is 5.92 Å². The molecule has 1 N–H and O–H groups in total. The maximum atomic E-state index is 13.0. The molecular weight excluding hydrogens is 424 g/mol. The molecule has 0 spiro atoms. The van der Waals surface area contributed by atoms with E-state index in [9.17, 15) is 4.79 Å². The van der Waals surface area contributed by atoms with E-state index >= 15 is 0 Å². The molecule has 0 saturated carbocycles. The average Bonchev–Trinajstić information content (AvgIpc) is 2.79. The second kappa shape index (κ2) is 11.9. The summed E-state index contributed by atoms with van der Waals surface area (Å²) in [5.74, 6) is 1.58. The van der Waals surface area contributed by atoms with Crippen molar-refractivity contribution in [2.75, 3.05) is 38.7 Å². The van der Waals surface area contributed by atoms with Crippen molar-refractivity contribution >= 4 is 23.2 Å². The largest absolute Gasteiger partial charge is 0.493 e. The lowest BCUT2D eigenvalue weighted by atomic mass is 9.94. The van der Waals surface area contributed by atoms with Crippen molar-refractivity contribution in [2.45, 2.75) is 32.1 Å². The number of benzene rings is 2. The van der Waals surface area contributed by atoms with E-state index in [-0.39, 0.29) is 11.8 Å². The van der Waals surface area contributed by atoms with E-state index in [4.69, 9.17) is 21.1 Å². The minimum atomic E-state index is -0.376. The minimum Gasteiger partial charge on any atom is -0.493 e. The normalized spacial score (nSPS) is 15.7. The first-order valence-electron chi connectivity index (χ1n) is 11.2. The third kappa shape index (κ3) is 6.75. The zero-order valence-electron chi connectivity index (χ0n) is 19.0. The molecule has 5 nitrogen and oxygen atoms in total. The molecule has 1 saturated heterocycles. The van der Waals surface area contributed by atoms with Gasteiger partial charge in [-0.15, -0.1) is 6.58 Å². The van der Waals surface area contributed by atoms with Crippen molar-refractivity contribution in [1.82, 2.24) is 4.90 Å². The maximum Gasteiger partial charge on any atom is 0.232 e. The molecule has 1 aliphatic rings. The van der Waals surface area contributed by atoms with Crippen molar-refractivity contribution in [3.63, 3.8) is 0 Å². The lowest BCUT2D eigenvalue weighted by Gasteiger charge is -2.30. The van der Waals surface area contributed by atoms with E-state index in [0.29, 0.717) is 35.2 Å². The second-order valence-corrected chi connectivity index (χ2v) is 8.80. The van der Waals surface area contributed by atoms with Crippen LogP contribution in [0.15, 0.2) is 55.1 Å². The number of amides is 1. The highest BCUT2D eigenvalue weighted by Gasteiger charge is 2.21. The van der Waals surface area contributed by atoms with Crippen molar-refractivity contribution in [3.05, 3.63) is 65.7 Å². The lowest BCUT2D eigenvalue weighted by molar-refractivity contribution is -0.117. The van der Waals surface area contributed by atoms with Gasteiger partial charge in [-0.05, 0) is 68.1 Å². The molecule has 6 heteroatoms. The quantitative estimate of drug-likeness (QED) is 0.462. The number of likely N-dealkylation sites (tertiary alicyclic amines) is 1. The van der Waals surface area contributed by atoms with Crippen LogP contribution in [0.3, 0.4) is 0 Å². The molecule has 1 atom stereocenters. The number of hydrogen-bond acceptors (Lipinski definition) is 4. The molecule has 1 heterocycles. The standard InChI is InChI=1S/C26H33ClN2O3/c1-4-6-23(20-7-5-8-21(27)17-20)26(30)28-22-9-10-24(31-3)25(18-22)32-16-15-29-13-11-19(2)12-14-29/h4-5,7-10,17-19,23H,1,6,11-16H2,2-3H3,(H,28,30). The number of halogens is 1. The highest BCUT2D eigenvalue weighted by atomic mass is 35.5. The minimum absolute atomic E-state index is 0.120. The topological polar surface area (TPSA) is 50.8 Å². The Bertz CT molecular complexity index is 910. The van der Waals surface area contributed by atoms with Gasteiger partial charge in [-0.1, -0.05) is 36.7 Å². The van der Waals surface area contributed by atoms with E-state index in [1.165, 1.54) is 12.8 Å². The SMILES string of the molecule is C=CCC(C(=O)Nc1ccc(OC)c(OCCN2CCC(C)CC2)c1)c1cccc(Cl)c1. The van der Waals surface area contributed by atoms with Crippen molar-refractivity contribution in [1.29, 1.82) is 0 Å². The highest BCUT2D eigenvalue weighted by Crippen LogP contribution is 2.32.